The Morgan fingerprint density at radius 3 is 2.12 bits per heavy atom. The van der Waals surface area contributed by atoms with Crippen molar-refractivity contribution < 1.29 is 0 Å². The normalized spacial score (nSPS) is 9.25. The van der Waals surface area contributed by atoms with Crippen molar-refractivity contribution in [3.05, 3.63) is 35.9 Å². The molecule has 8 heavy (non-hydrogen) atoms. The molecule has 0 spiro atoms. The van der Waals surface area contributed by atoms with Gasteiger partial charge in [0, 0.05) is 0 Å². The molecule has 36 valence electrons. The molecule has 0 atom stereocenters. The van der Waals surface area contributed by atoms with Crippen molar-refractivity contribution in [3.8, 4) is 0 Å². The van der Waals surface area contributed by atoms with Crippen LogP contribution in [0.1, 0.15) is 5.56 Å². The summed E-state index contributed by atoms with van der Waals surface area (Å²) >= 11 is 0.823. The van der Waals surface area contributed by atoms with E-state index in [1.165, 1.54) is 5.05 Å². The summed E-state index contributed by atoms with van der Waals surface area (Å²) in [5, 5.41) is 0. The first kappa shape index (κ1) is 7.14. The Labute approximate surface area is 89.0 Å². The first-order chi connectivity index (χ1) is 3.93. The summed E-state index contributed by atoms with van der Waals surface area (Å²) in [4.78, 5) is 0. The van der Waals surface area contributed by atoms with Gasteiger partial charge in [0.15, 0.2) is 0 Å². The fourth-order valence-electron chi connectivity index (χ4n) is 0.714. The Hall–Kier alpha value is 1.03. The van der Waals surface area contributed by atoms with Gasteiger partial charge in [-0.25, -0.2) is 0 Å². The van der Waals surface area contributed by atoms with Gasteiger partial charge in [0.05, 0.1) is 0 Å². The molecule has 1 rings (SSSR count). The van der Waals surface area contributed by atoms with E-state index >= 15 is 0 Å². The van der Waals surface area contributed by atoms with E-state index in [1.807, 2.05) is 0 Å². The number of benzene rings is 1. The number of hydrogen-bond acceptors (Lipinski definition) is 0. The quantitative estimate of drug-likeness (QED) is 0.606. The fourth-order valence-corrected chi connectivity index (χ4v) is 1.87. The second kappa shape index (κ2) is 3.94. The van der Waals surface area contributed by atoms with Crippen molar-refractivity contribution in [1.29, 1.82) is 0 Å². The van der Waals surface area contributed by atoms with Gasteiger partial charge in [-0.05, 0) is 0 Å². The van der Waals surface area contributed by atoms with Gasteiger partial charge in [-0.1, -0.05) is 0 Å². The molecule has 0 aliphatic rings. The predicted octanol–water partition coefficient (Wildman–Crippen LogP) is 1.36. The molecule has 1 aromatic rings. The van der Waals surface area contributed by atoms with Crippen LogP contribution in [0.5, 0.6) is 0 Å². The zero-order chi connectivity index (χ0) is 5.82. The average molecular weight is 177 g/mol. The van der Waals surface area contributed by atoms with Crippen LogP contribution in [-0.4, -0.2) is 55.5 Å². The first-order valence-electron chi connectivity index (χ1n) is 2.97. The summed E-state index contributed by atoms with van der Waals surface area (Å²) in [5.41, 5.74) is 1.50. The van der Waals surface area contributed by atoms with Crippen LogP contribution in [0.3, 0.4) is 0 Å². The Morgan fingerprint density at radius 1 is 1.12 bits per heavy atom. The maximum atomic E-state index is 2.19. The van der Waals surface area contributed by atoms with E-state index in [0.717, 1.165) is 55.5 Å². The molecule has 0 unspecified atom stereocenters. The van der Waals surface area contributed by atoms with Crippen molar-refractivity contribution in [1.82, 2.24) is 0 Å². The molecule has 0 radical (unpaired) electrons. The molecule has 1 aromatic carbocycles. The van der Waals surface area contributed by atoms with Crippen LogP contribution in [0.2, 0.25) is 0 Å². The van der Waals surface area contributed by atoms with Crippen LogP contribution in [0.15, 0.2) is 30.3 Å². The Balaban J connectivity index is 2.83. The van der Waals surface area contributed by atoms with Gasteiger partial charge in [0.2, 0.25) is 0 Å². The van der Waals surface area contributed by atoms with Crippen LogP contribution in [0.25, 0.3) is 0 Å². The Bertz CT molecular complexity index is 146. The van der Waals surface area contributed by atoms with Gasteiger partial charge in [-0.2, -0.15) is 0 Å². The van der Waals surface area contributed by atoms with Gasteiger partial charge in [-0.3, -0.25) is 0 Å². The zero-order valence-corrected chi connectivity index (χ0v) is 10.0. The predicted molar refractivity (Wildman–Crippen MR) is 35.9 cm³/mol. The van der Waals surface area contributed by atoms with Gasteiger partial charge in [0.25, 0.3) is 0 Å². The van der Waals surface area contributed by atoms with Gasteiger partial charge >= 0.3 is 90.9 Å². The van der Waals surface area contributed by atoms with Gasteiger partial charge in [0.1, 0.15) is 0 Å². The van der Waals surface area contributed by atoms with E-state index in [4.69, 9.17) is 0 Å². The topological polar surface area (TPSA) is 0 Å². The molecule has 0 fully saturated rings. The van der Waals surface area contributed by atoms with E-state index in [0.29, 0.717) is 0 Å². The molecular formula is C7H7Rb. The molecule has 0 amide bonds. The molecule has 0 aliphatic carbocycles. The minimum absolute atomic E-state index is 0.823. The number of rotatable bonds is 1. The Kier molecular flexibility index (Phi) is 3.52. The van der Waals surface area contributed by atoms with Crippen LogP contribution in [0, 0.1) is 0 Å². The molecule has 0 saturated heterocycles. The van der Waals surface area contributed by atoms with E-state index in [-0.39, 0.29) is 0 Å². The van der Waals surface area contributed by atoms with E-state index in [9.17, 15) is 0 Å². The molecular weight excluding hydrogens is 170 g/mol. The molecule has 0 nitrogen and oxygen atoms in total. The summed E-state index contributed by atoms with van der Waals surface area (Å²) in [5.74, 6) is 0. The third kappa shape index (κ3) is 2.10. The minimum atomic E-state index is 0.823. The molecule has 0 N–H and O–H groups in total. The van der Waals surface area contributed by atoms with E-state index in [2.05, 4.69) is 30.3 Å². The summed E-state index contributed by atoms with van der Waals surface area (Å²) in [6.45, 7) is 0. The first-order valence-corrected chi connectivity index (χ1v) is 6.45. The van der Waals surface area contributed by atoms with Crippen molar-refractivity contribution >= 4 is 55.5 Å². The van der Waals surface area contributed by atoms with Gasteiger partial charge < -0.3 is 0 Å². The molecule has 0 bridgehead atoms. The zero-order valence-electron chi connectivity index (χ0n) is 5.09. The third-order valence-corrected chi connectivity index (χ3v) is 3.26. The summed E-state index contributed by atoms with van der Waals surface area (Å²) < 4.78 is 1.35. The summed E-state index contributed by atoms with van der Waals surface area (Å²) in [7, 11) is 0. The third-order valence-electron chi connectivity index (χ3n) is 1.25. The average Bonchev–Trinajstić information content (AvgIpc) is 1.90. The van der Waals surface area contributed by atoms with Gasteiger partial charge in [-0.15, -0.1) is 0 Å². The van der Waals surface area contributed by atoms with Crippen LogP contribution >= 0.6 is 0 Å². The van der Waals surface area contributed by atoms with E-state index in [1.54, 1.807) is 0 Å². The van der Waals surface area contributed by atoms with E-state index < -0.39 is 0 Å². The van der Waals surface area contributed by atoms with Crippen LogP contribution < -0.4 is 0 Å². The molecule has 0 aromatic heterocycles. The summed E-state index contributed by atoms with van der Waals surface area (Å²) in [6.07, 6.45) is 0. The van der Waals surface area contributed by atoms with Crippen molar-refractivity contribution in [3.63, 3.8) is 0 Å². The standard InChI is InChI=1S/C7H7.Rb/c1-7-5-3-2-4-6-7;/h2-6H,1H2;. The monoisotopic (exact) mass is 176 g/mol. The van der Waals surface area contributed by atoms with Crippen molar-refractivity contribution in [2.75, 3.05) is 0 Å². The van der Waals surface area contributed by atoms with Crippen LogP contribution in [0.4, 0.5) is 0 Å². The maximum absolute atomic E-state index is 2.19. The molecule has 0 saturated carbocycles. The summed E-state index contributed by atoms with van der Waals surface area (Å²) in [6, 6.07) is 10.7. The fraction of sp³-hybridized carbons (Fsp3) is 0.143. The second-order valence-electron chi connectivity index (χ2n) is 1.84. The van der Waals surface area contributed by atoms with Crippen molar-refractivity contribution in [2.24, 2.45) is 0 Å². The van der Waals surface area contributed by atoms with Crippen molar-refractivity contribution in [2.45, 2.75) is -0.511 Å². The number of hydrogen-bond donors (Lipinski definition) is 0. The molecule has 0 aliphatic heterocycles. The molecule has 1 heteroatoms. The van der Waals surface area contributed by atoms with Crippen LogP contribution in [-0.2, 0) is -0.511 Å². The Morgan fingerprint density at radius 2 is 1.75 bits per heavy atom. The second-order valence-corrected chi connectivity index (χ2v) is 3.58. The SMILES string of the molecule is [Rb][CH2]c1ccccc1. The molecule has 0 heterocycles.